The summed E-state index contributed by atoms with van der Waals surface area (Å²) in [6.07, 6.45) is 8.15. The van der Waals surface area contributed by atoms with Crippen LogP contribution in [0, 0.1) is 0 Å². The average Bonchev–Trinajstić information content (AvgIpc) is 0.958. The van der Waals surface area contributed by atoms with E-state index in [9.17, 15) is 28.8 Å². The summed E-state index contributed by atoms with van der Waals surface area (Å²) in [4.78, 5) is 78.4. The van der Waals surface area contributed by atoms with Gasteiger partial charge >= 0.3 is 35.8 Å². The van der Waals surface area contributed by atoms with Crippen molar-refractivity contribution in [2.75, 3.05) is 9.80 Å². The monoisotopic (exact) mass is 1200 g/mol. The van der Waals surface area contributed by atoms with Crippen molar-refractivity contribution in [1.82, 2.24) is 0 Å². The van der Waals surface area contributed by atoms with E-state index < -0.39 is 35.8 Å². The van der Waals surface area contributed by atoms with Gasteiger partial charge in [-0.05, 0) is 170 Å². The first-order valence-corrected chi connectivity index (χ1v) is 28.7. The summed E-state index contributed by atoms with van der Waals surface area (Å²) in [5, 5.41) is 0. The van der Waals surface area contributed by atoms with Crippen molar-refractivity contribution in [3.63, 3.8) is 0 Å². The highest BCUT2D eigenvalue weighted by atomic mass is 16.6. The lowest BCUT2D eigenvalue weighted by molar-refractivity contribution is -0.141. The molecule has 0 saturated carbocycles. The van der Waals surface area contributed by atoms with Gasteiger partial charge in [0.05, 0.1) is 0 Å². The number of rotatable bonds is 28. The molecule has 0 amide bonds. The van der Waals surface area contributed by atoms with E-state index in [0.29, 0.717) is 33.4 Å². The van der Waals surface area contributed by atoms with Gasteiger partial charge in [-0.2, -0.15) is 0 Å². The predicted octanol–water partition coefficient (Wildman–Crippen LogP) is 16.7. The second-order valence-electron chi connectivity index (χ2n) is 21.6. The zero-order valence-electron chi connectivity index (χ0n) is 51.6. The van der Waals surface area contributed by atoms with Crippen LogP contribution in [-0.2, 0) is 96.8 Å². The van der Waals surface area contributed by atoms with Crippen molar-refractivity contribution in [2.45, 2.75) is 81.2 Å². The molecule has 0 aliphatic rings. The molecule has 7 rings (SSSR count). The van der Waals surface area contributed by atoms with Crippen LogP contribution >= 0.6 is 0 Å². The molecule has 458 valence electrons. The zero-order chi connectivity index (χ0) is 65.0. The normalized spacial score (nSPS) is 10.8. The molecule has 0 spiro atoms. The van der Waals surface area contributed by atoms with Crippen LogP contribution in [0.5, 0.6) is 0 Å². The Morgan fingerprint density at radius 3 is 0.722 bits per heavy atom. The van der Waals surface area contributed by atoms with Gasteiger partial charge in [0.2, 0.25) is 0 Å². The van der Waals surface area contributed by atoms with Crippen LogP contribution in [-0.4, -0.2) is 35.8 Å². The lowest BCUT2D eigenvalue weighted by Crippen LogP contribution is -2.13. The molecular formula is C76H72N2O12. The molecule has 0 aromatic heterocycles. The van der Waals surface area contributed by atoms with E-state index in [1.807, 2.05) is 192 Å². The fourth-order valence-electron chi connectivity index (χ4n) is 8.61. The number of carbonyl (C=O) groups excluding carboxylic acids is 6. The predicted molar refractivity (Wildman–Crippen MR) is 354 cm³/mol. The SMILES string of the molecule is C=C(C)C(=O)OCc1ccc(N(c2ccc(C=Cc3ccc(C=Cc4ccc(N(c5ccc(COC(=O)C(=C)C)cc5)c5ccc(COC(=O)C(=C)C)c(COC(=O)C(=C)C)c5)cc4)cc3)cc2)c2ccc(COC(=O)C(=C)C)c(COC(=O)C(=C)C)c2)cc1. The minimum absolute atomic E-state index is 0.0682. The number of carbonyl (C=O) groups is 6. The quantitative estimate of drug-likeness (QED) is 0.0197. The third-order valence-corrected chi connectivity index (χ3v) is 13.7. The molecule has 0 saturated heterocycles. The number of hydrogen-bond donors (Lipinski definition) is 0. The zero-order valence-corrected chi connectivity index (χ0v) is 51.6. The molecule has 0 aliphatic carbocycles. The first-order valence-electron chi connectivity index (χ1n) is 28.7. The number of benzene rings is 7. The second-order valence-corrected chi connectivity index (χ2v) is 21.6. The molecular weight excluding hydrogens is 1130 g/mol. The van der Waals surface area contributed by atoms with Crippen molar-refractivity contribution in [3.05, 3.63) is 286 Å². The summed E-state index contributed by atoms with van der Waals surface area (Å²) in [6, 6.07) is 50.7. The number of ether oxygens (including phenoxy) is 6. The molecule has 7 aromatic carbocycles. The van der Waals surface area contributed by atoms with Gasteiger partial charge in [0, 0.05) is 67.6 Å². The van der Waals surface area contributed by atoms with Crippen LogP contribution in [0.1, 0.15) is 97.2 Å². The topological polar surface area (TPSA) is 164 Å². The number of esters is 6. The fraction of sp³-hybridized carbons (Fsp3) is 0.158. The smallest absolute Gasteiger partial charge is 0.333 e. The summed E-state index contributed by atoms with van der Waals surface area (Å²) in [5.41, 5.74) is 14.2. The van der Waals surface area contributed by atoms with Crippen LogP contribution < -0.4 is 9.80 Å². The lowest BCUT2D eigenvalue weighted by atomic mass is 10.0. The molecule has 0 fully saturated rings. The number of hydrogen-bond acceptors (Lipinski definition) is 14. The van der Waals surface area contributed by atoms with E-state index in [2.05, 4.69) is 39.5 Å². The van der Waals surface area contributed by atoms with Gasteiger partial charge in [-0.1, -0.05) is 149 Å². The highest BCUT2D eigenvalue weighted by Crippen LogP contribution is 2.39. The minimum atomic E-state index is -0.558. The van der Waals surface area contributed by atoms with Crippen molar-refractivity contribution in [1.29, 1.82) is 0 Å². The Morgan fingerprint density at radius 2 is 0.478 bits per heavy atom. The van der Waals surface area contributed by atoms with Crippen LogP contribution in [0.25, 0.3) is 24.3 Å². The fourth-order valence-corrected chi connectivity index (χ4v) is 8.61. The number of anilines is 6. The highest BCUT2D eigenvalue weighted by molar-refractivity contribution is 5.90. The van der Waals surface area contributed by atoms with Gasteiger partial charge in [-0.3, -0.25) is 0 Å². The van der Waals surface area contributed by atoms with Gasteiger partial charge < -0.3 is 38.2 Å². The van der Waals surface area contributed by atoms with E-state index in [1.165, 1.54) is 0 Å². The summed E-state index contributed by atoms with van der Waals surface area (Å²) >= 11 is 0. The number of nitrogens with zero attached hydrogens (tertiary/aromatic N) is 2. The first-order chi connectivity index (χ1) is 43.0. The molecule has 0 aliphatic heterocycles. The van der Waals surface area contributed by atoms with Crippen molar-refractivity contribution < 1.29 is 57.2 Å². The van der Waals surface area contributed by atoms with Gasteiger partial charge in [0.1, 0.15) is 39.6 Å². The first kappa shape index (κ1) is 66.4. The van der Waals surface area contributed by atoms with Crippen LogP contribution in [0.15, 0.2) is 231 Å². The maximum absolute atomic E-state index is 12.6. The van der Waals surface area contributed by atoms with E-state index in [4.69, 9.17) is 28.4 Å². The largest absolute Gasteiger partial charge is 0.457 e. The van der Waals surface area contributed by atoms with Gasteiger partial charge in [0.25, 0.3) is 0 Å². The molecule has 0 radical (unpaired) electrons. The summed E-state index contributed by atoms with van der Waals surface area (Å²) in [6.45, 7) is 31.4. The average molecular weight is 1210 g/mol. The molecule has 0 unspecified atom stereocenters. The maximum atomic E-state index is 12.6. The summed E-state index contributed by atoms with van der Waals surface area (Å²) < 4.78 is 33.0. The van der Waals surface area contributed by atoms with Crippen LogP contribution in [0.3, 0.4) is 0 Å². The molecule has 90 heavy (non-hydrogen) atoms. The van der Waals surface area contributed by atoms with Crippen molar-refractivity contribution in [2.24, 2.45) is 0 Å². The lowest BCUT2D eigenvalue weighted by Gasteiger charge is -2.27. The summed E-state index contributed by atoms with van der Waals surface area (Å²) in [5.74, 6) is -3.16. The second kappa shape index (κ2) is 31.5. The Balaban J connectivity index is 1.11. The molecule has 0 N–H and O–H groups in total. The van der Waals surface area contributed by atoms with E-state index in [0.717, 1.165) is 67.5 Å². The van der Waals surface area contributed by atoms with Gasteiger partial charge in [-0.15, -0.1) is 0 Å². The van der Waals surface area contributed by atoms with Crippen molar-refractivity contribution >= 4 is 94.2 Å². The molecule has 7 aromatic rings. The molecule has 14 heteroatoms. The minimum Gasteiger partial charge on any atom is -0.457 e. The molecule has 14 nitrogen and oxygen atoms in total. The van der Waals surface area contributed by atoms with Crippen LogP contribution in [0.2, 0.25) is 0 Å². The molecule has 0 atom stereocenters. The van der Waals surface area contributed by atoms with E-state index in [-0.39, 0.29) is 61.9 Å². The third kappa shape index (κ3) is 18.9. The van der Waals surface area contributed by atoms with E-state index in [1.54, 1.807) is 41.5 Å². The van der Waals surface area contributed by atoms with Crippen LogP contribution in [0.4, 0.5) is 34.1 Å². The van der Waals surface area contributed by atoms with Gasteiger partial charge in [0.15, 0.2) is 0 Å². The Kier molecular flexibility index (Phi) is 23.2. The molecule has 0 bridgehead atoms. The Hall–Kier alpha value is -11.1. The Labute approximate surface area is 526 Å². The Morgan fingerprint density at radius 1 is 0.278 bits per heavy atom. The maximum Gasteiger partial charge on any atom is 0.333 e. The third-order valence-electron chi connectivity index (χ3n) is 13.7. The summed E-state index contributed by atoms with van der Waals surface area (Å²) in [7, 11) is 0. The molecule has 0 heterocycles. The van der Waals surface area contributed by atoms with Crippen molar-refractivity contribution in [3.8, 4) is 0 Å². The standard InChI is InChI=1S/C76H72N2O12/c1-49(2)71(79)85-43-59-25-35-67(36-26-59)77(69-39-29-61(45-87-73(81)51(5)6)63(41-69)47-89-75(83)53(9)10)65-31-21-57(22-32-65)19-17-55-13-15-56(16-14-55)18-20-58-23-33-66(34-24-58)78(68-37-27-60(28-38-68)44-86-72(80)50(3)4)70-40-30-62(46-88-74(82)52(7)8)64(42-70)48-90-76(84)54(11)12/h13-42H,1,3,5,7,9,11,43-48H2,2,4,6,8,10,12H3. The van der Waals surface area contributed by atoms with E-state index >= 15 is 0 Å². The Bertz CT molecular complexity index is 3690. The highest BCUT2D eigenvalue weighted by Gasteiger charge is 2.20. The van der Waals surface area contributed by atoms with Gasteiger partial charge in [-0.25, -0.2) is 28.8 Å².